The number of esters is 1. The molecule has 0 bridgehead atoms. The van der Waals surface area contributed by atoms with Crippen molar-refractivity contribution in [3.63, 3.8) is 0 Å². The lowest BCUT2D eigenvalue weighted by Gasteiger charge is -2.25. The smallest absolute Gasteiger partial charge is 0.338 e. The van der Waals surface area contributed by atoms with E-state index >= 15 is 0 Å². The summed E-state index contributed by atoms with van der Waals surface area (Å²) < 4.78 is 13.3. The predicted molar refractivity (Wildman–Crippen MR) is 165 cm³/mol. The molecular weight excluding hydrogens is 624 g/mol. The van der Waals surface area contributed by atoms with Crippen LogP contribution < -0.4 is 24.5 Å². The van der Waals surface area contributed by atoms with Gasteiger partial charge in [-0.1, -0.05) is 30.2 Å². The first-order chi connectivity index (χ1) is 20.2. The highest BCUT2D eigenvalue weighted by Gasteiger charge is 2.33. The van der Waals surface area contributed by atoms with Gasteiger partial charge in [0.1, 0.15) is 5.75 Å². The number of non-ortho nitro benzene ring substituents is 1. The number of anilines is 1. The zero-order chi connectivity index (χ0) is 30.0. The number of hydrogen-bond donors (Lipinski definition) is 0. The molecule has 3 aromatic rings. The number of methoxy groups -OCH3 is 1. The number of nitro benzene ring substituents is 1. The summed E-state index contributed by atoms with van der Waals surface area (Å²) >= 11 is 4.71. The zero-order valence-corrected chi connectivity index (χ0v) is 26.0. The molecule has 12 heteroatoms. The fourth-order valence-corrected chi connectivity index (χ4v) is 7.07. The minimum Gasteiger partial charge on any atom is -0.496 e. The van der Waals surface area contributed by atoms with E-state index in [0.29, 0.717) is 36.4 Å². The Morgan fingerprint density at radius 1 is 1.19 bits per heavy atom. The lowest BCUT2D eigenvalue weighted by molar-refractivity contribution is -0.384. The van der Waals surface area contributed by atoms with Crippen LogP contribution in [0.2, 0.25) is 0 Å². The minimum absolute atomic E-state index is 0.0472. The van der Waals surface area contributed by atoms with Crippen LogP contribution in [0.3, 0.4) is 0 Å². The number of fused-ring (bicyclic) bond motifs is 1. The number of benzene rings is 2. The van der Waals surface area contributed by atoms with Gasteiger partial charge in [-0.3, -0.25) is 19.5 Å². The number of nitrogens with zero attached hydrogens (tertiary/aromatic N) is 4. The normalized spacial score (nSPS) is 17.4. The Morgan fingerprint density at radius 3 is 2.57 bits per heavy atom. The van der Waals surface area contributed by atoms with Gasteiger partial charge in [0.05, 0.1) is 45.0 Å². The third kappa shape index (κ3) is 5.78. The molecule has 0 unspecified atom stereocenters. The molecule has 1 atom stereocenters. The number of rotatable bonds is 7. The van der Waals surface area contributed by atoms with Crippen molar-refractivity contribution in [2.45, 2.75) is 45.6 Å². The van der Waals surface area contributed by atoms with Crippen molar-refractivity contribution >= 4 is 50.7 Å². The van der Waals surface area contributed by atoms with E-state index in [1.54, 1.807) is 45.2 Å². The quantitative estimate of drug-likeness (QED) is 0.203. The lowest BCUT2D eigenvalue weighted by atomic mass is 9.96. The summed E-state index contributed by atoms with van der Waals surface area (Å²) in [4.78, 5) is 45.9. The Hall–Kier alpha value is -3.77. The fourth-order valence-electron chi connectivity index (χ4n) is 5.47. The molecule has 42 heavy (non-hydrogen) atoms. The molecule has 0 radical (unpaired) electrons. The first-order valence-corrected chi connectivity index (χ1v) is 15.4. The van der Waals surface area contributed by atoms with Gasteiger partial charge in [-0.15, -0.1) is 0 Å². The average Bonchev–Trinajstić information content (AvgIpc) is 3.12. The van der Waals surface area contributed by atoms with Gasteiger partial charge in [-0.05, 0) is 72.5 Å². The van der Waals surface area contributed by atoms with Gasteiger partial charge >= 0.3 is 5.97 Å². The molecule has 2 aliphatic heterocycles. The summed E-state index contributed by atoms with van der Waals surface area (Å²) in [7, 11) is 1.56. The zero-order valence-electron chi connectivity index (χ0n) is 23.6. The predicted octanol–water partition coefficient (Wildman–Crippen LogP) is 4.86. The highest BCUT2D eigenvalue weighted by Crippen LogP contribution is 2.35. The van der Waals surface area contributed by atoms with Crippen LogP contribution in [0.25, 0.3) is 6.08 Å². The fraction of sp³-hybridized carbons (Fsp3) is 0.367. The Labute approximate surface area is 254 Å². The molecule has 0 amide bonds. The number of nitro groups is 1. The van der Waals surface area contributed by atoms with Crippen molar-refractivity contribution in [3.05, 3.63) is 93.1 Å². The second-order valence-corrected chi connectivity index (χ2v) is 12.0. The third-order valence-corrected chi connectivity index (χ3v) is 9.07. The summed E-state index contributed by atoms with van der Waals surface area (Å²) in [5.41, 5.74) is 2.46. The first kappa shape index (κ1) is 29.7. The number of ether oxygens (including phenoxy) is 2. The molecular formula is C30H31BrN4O6S. The van der Waals surface area contributed by atoms with E-state index in [1.807, 2.05) is 6.07 Å². The number of halogens is 1. The molecule has 0 spiro atoms. The number of carbonyl (C=O) groups excluding carboxylic acids is 1. The van der Waals surface area contributed by atoms with Crippen molar-refractivity contribution in [1.29, 1.82) is 0 Å². The Kier molecular flexibility index (Phi) is 8.93. The number of hydrogen-bond acceptors (Lipinski definition) is 9. The van der Waals surface area contributed by atoms with Gasteiger partial charge in [0.2, 0.25) is 0 Å². The first-order valence-electron chi connectivity index (χ1n) is 13.8. The Bertz CT molecular complexity index is 1750. The lowest BCUT2D eigenvalue weighted by Crippen LogP contribution is -2.40. The topological polar surface area (TPSA) is 116 Å². The second kappa shape index (κ2) is 12.6. The highest BCUT2D eigenvalue weighted by molar-refractivity contribution is 9.10. The number of carbonyl (C=O) groups is 1. The van der Waals surface area contributed by atoms with E-state index in [1.165, 1.54) is 28.0 Å². The molecule has 1 fully saturated rings. The molecule has 2 aliphatic rings. The van der Waals surface area contributed by atoms with Crippen LogP contribution in [0.1, 0.15) is 56.7 Å². The van der Waals surface area contributed by atoms with Gasteiger partial charge in [0.25, 0.3) is 11.2 Å². The summed E-state index contributed by atoms with van der Waals surface area (Å²) in [6.07, 6.45) is 6.06. The maximum atomic E-state index is 14.1. The standard InChI is InChI=1S/C30H31BrN4O6S/c1-4-41-29(37)26-18(2)32-30-34(27(26)19-9-12-24(40-3)22(31)16-19)28(36)25(42-30)17-20-15-21(35(38)39)10-11-23(20)33-13-7-5-6-8-14-33/h9-12,15-17,27H,4-8,13-14H2,1-3H3/b25-17-/t27-/m0/s1. The summed E-state index contributed by atoms with van der Waals surface area (Å²) in [5, 5.41) is 11.7. The van der Waals surface area contributed by atoms with E-state index in [-0.39, 0.29) is 23.4 Å². The number of aromatic nitrogens is 1. The van der Waals surface area contributed by atoms with Crippen molar-refractivity contribution in [2.75, 3.05) is 31.7 Å². The maximum absolute atomic E-state index is 14.1. The molecule has 220 valence electrons. The van der Waals surface area contributed by atoms with E-state index in [0.717, 1.165) is 44.5 Å². The monoisotopic (exact) mass is 654 g/mol. The van der Waals surface area contributed by atoms with Crippen molar-refractivity contribution in [2.24, 2.45) is 4.99 Å². The van der Waals surface area contributed by atoms with Crippen molar-refractivity contribution in [3.8, 4) is 5.75 Å². The average molecular weight is 656 g/mol. The molecule has 0 aliphatic carbocycles. The largest absolute Gasteiger partial charge is 0.496 e. The Balaban J connectivity index is 1.72. The molecule has 1 saturated heterocycles. The van der Waals surface area contributed by atoms with Gasteiger partial charge in [0, 0.05) is 36.5 Å². The highest BCUT2D eigenvalue weighted by atomic mass is 79.9. The van der Waals surface area contributed by atoms with Crippen LogP contribution in [0.5, 0.6) is 5.75 Å². The van der Waals surface area contributed by atoms with Crippen molar-refractivity contribution < 1.29 is 19.2 Å². The molecule has 5 rings (SSSR count). The van der Waals surface area contributed by atoms with Gasteiger partial charge in [-0.2, -0.15) is 0 Å². The van der Waals surface area contributed by atoms with Crippen molar-refractivity contribution in [1.82, 2.24) is 4.57 Å². The minimum atomic E-state index is -0.792. The summed E-state index contributed by atoms with van der Waals surface area (Å²) in [6.45, 7) is 5.31. The van der Waals surface area contributed by atoms with E-state index in [4.69, 9.17) is 9.47 Å². The summed E-state index contributed by atoms with van der Waals surface area (Å²) in [5.74, 6) is 0.0587. The maximum Gasteiger partial charge on any atom is 0.338 e. The second-order valence-electron chi connectivity index (χ2n) is 10.1. The van der Waals surface area contributed by atoms with Crippen LogP contribution >= 0.6 is 27.3 Å². The van der Waals surface area contributed by atoms with Crippen LogP contribution in [0.4, 0.5) is 11.4 Å². The van der Waals surface area contributed by atoms with Gasteiger partial charge in [0.15, 0.2) is 4.80 Å². The number of allylic oxidation sites excluding steroid dienone is 1. The molecule has 1 aromatic heterocycles. The SMILES string of the molecule is CCOC(=O)C1=C(C)N=c2s/c(=C\c3cc([N+](=O)[O-])ccc3N3CCCCCC3)c(=O)n2[C@H]1c1ccc(OC)c(Br)c1. The van der Waals surface area contributed by atoms with Crippen LogP contribution in [0, 0.1) is 10.1 Å². The Morgan fingerprint density at radius 2 is 1.93 bits per heavy atom. The van der Waals surface area contributed by atoms with E-state index < -0.39 is 16.9 Å². The number of thiazole rings is 1. The summed E-state index contributed by atoms with van der Waals surface area (Å²) in [6, 6.07) is 9.40. The van der Waals surface area contributed by atoms with Crippen LogP contribution in [-0.4, -0.2) is 42.3 Å². The van der Waals surface area contributed by atoms with E-state index in [9.17, 15) is 19.7 Å². The van der Waals surface area contributed by atoms with Gasteiger partial charge in [-0.25, -0.2) is 9.79 Å². The van der Waals surface area contributed by atoms with Gasteiger partial charge < -0.3 is 14.4 Å². The molecule has 0 N–H and O–H groups in total. The third-order valence-electron chi connectivity index (χ3n) is 7.46. The molecule has 0 saturated carbocycles. The molecule has 10 nitrogen and oxygen atoms in total. The molecule has 2 aromatic carbocycles. The molecule has 3 heterocycles. The van der Waals surface area contributed by atoms with E-state index in [2.05, 4.69) is 25.8 Å². The van der Waals surface area contributed by atoms with Crippen LogP contribution in [0.15, 0.2) is 61.9 Å². The van der Waals surface area contributed by atoms with Crippen LogP contribution in [-0.2, 0) is 9.53 Å².